The Kier molecular flexibility index (Phi) is 7.72. The second-order valence-corrected chi connectivity index (χ2v) is 8.68. The van der Waals surface area contributed by atoms with Gasteiger partial charge in [-0.3, -0.25) is 9.59 Å². The molecule has 2 heterocycles. The predicted molar refractivity (Wildman–Crippen MR) is 139 cm³/mol. The van der Waals surface area contributed by atoms with Crippen LogP contribution >= 0.6 is 11.6 Å². The fraction of sp³-hybridized carbons (Fsp3) is 0.231. The summed E-state index contributed by atoms with van der Waals surface area (Å²) in [5, 5.41) is 19.4. The van der Waals surface area contributed by atoms with Gasteiger partial charge in [0.25, 0.3) is 11.5 Å². The number of carbonyl (C=O) groups is 1. The maximum absolute atomic E-state index is 13.0. The van der Waals surface area contributed by atoms with E-state index in [4.69, 9.17) is 21.1 Å². The highest BCUT2D eigenvalue weighted by molar-refractivity contribution is 6.33. The highest BCUT2D eigenvalue weighted by atomic mass is 35.5. The van der Waals surface area contributed by atoms with E-state index >= 15 is 0 Å². The van der Waals surface area contributed by atoms with Crippen molar-refractivity contribution in [2.24, 2.45) is 0 Å². The van der Waals surface area contributed by atoms with Gasteiger partial charge < -0.3 is 29.6 Å². The van der Waals surface area contributed by atoms with Crippen LogP contribution in [-0.2, 0) is 6.61 Å². The number of carbonyl (C=O) groups excluding carboxylic acids is 1. The lowest BCUT2D eigenvalue weighted by Crippen LogP contribution is -2.21. The summed E-state index contributed by atoms with van der Waals surface area (Å²) in [4.78, 5) is 38.7. The number of nitrogens with zero attached hydrogens (tertiary/aromatic N) is 3. The first-order chi connectivity index (χ1) is 17.8. The van der Waals surface area contributed by atoms with E-state index in [0.29, 0.717) is 45.1 Å². The van der Waals surface area contributed by atoms with Gasteiger partial charge in [0.15, 0.2) is 5.82 Å². The van der Waals surface area contributed by atoms with Crippen LogP contribution < -0.4 is 15.0 Å². The summed E-state index contributed by atoms with van der Waals surface area (Å²) in [5.74, 6) is 0.615. The molecule has 4 rings (SSSR count). The van der Waals surface area contributed by atoms with Crippen LogP contribution in [0.4, 0.5) is 0 Å². The molecule has 0 aliphatic rings. The zero-order chi connectivity index (χ0) is 26.7. The van der Waals surface area contributed by atoms with E-state index in [-0.39, 0.29) is 42.0 Å². The number of aromatic nitrogens is 3. The summed E-state index contributed by atoms with van der Waals surface area (Å²) < 4.78 is 11.0. The molecule has 0 atom stereocenters. The van der Waals surface area contributed by atoms with Gasteiger partial charge in [-0.15, -0.1) is 0 Å². The molecule has 11 heteroatoms. The standard InChI is InChI=1S/C26H25ClN4O6/c1-31(2)26(35)15-4-5-16(17(27)12-15)23-20(37-9-8-32)7-6-18(28-23)24-29-19-10-14(13-33)11-21(36-3)22(19)25(34)30-24/h4-7,10-12,32-33H,8-9,13H2,1-3H3,(H,29,30,34). The number of aliphatic hydroxyl groups excluding tert-OH is 2. The Bertz CT molecular complexity index is 1540. The monoisotopic (exact) mass is 524 g/mol. The average Bonchev–Trinajstić information content (AvgIpc) is 2.90. The Balaban J connectivity index is 1.88. The Morgan fingerprint density at radius 3 is 2.51 bits per heavy atom. The van der Waals surface area contributed by atoms with Gasteiger partial charge in [0.05, 0.1) is 30.9 Å². The fourth-order valence-electron chi connectivity index (χ4n) is 3.81. The minimum absolute atomic E-state index is 0.0254. The van der Waals surface area contributed by atoms with E-state index < -0.39 is 5.56 Å². The van der Waals surface area contributed by atoms with E-state index in [1.54, 1.807) is 56.6 Å². The van der Waals surface area contributed by atoms with Crippen LogP contribution in [0, 0.1) is 0 Å². The zero-order valence-electron chi connectivity index (χ0n) is 20.4. The molecule has 1 amide bonds. The Labute approximate surface area is 217 Å². The first-order valence-electron chi connectivity index (χ1n) is 11.3. The number of benzene rings is 2. The number of hydrogen-bond acceptors (Lipinski definition) is 8. The number of pyridine rings is 1. The van der Waals surface area contributed by atoms with Crippen molar-refractivity contribution in [3.63, 3.8) is 0 Å². The van der Waals surface area contributed by atoms with Crippen molar-refractivity contribution in [1.82, 2.24) is 19.9 Å². The Morgan fingerprint density at radius 1 is 1.08 bits per heavy atom. The smallest absolute Gasteiger partial charge is 0.262 e. The molecule has 192 valence electrons. The zero-order valence-corrected chi connectivity index (χ0v) is 21.2. The molecule has 2 aromatic carbocycles. The molecule has 0 saturated carbocycles. The SMILES string of the molecule is COc1cc(CO)cc2nc(-c3ccc(OCCO)c(-c4ccc(C(=O)N(C)C)cc4Cl)n3)[nH]c(=O)c12. The Morgan fingerprint density at radius 2 is 1.86 bits per heavy atom. The quantitative estimate of drug-likeness (QED) is 0.320. The van der Waals surface area contributed by atoms with Crippen LogP contribution in [0.1, 0.15) is 15.9 Å². The van der Waals surface area contributed by atoms with Crippen molar-refractivity contribution < 1.29 is 24.5 Å². The van der Waals surface area contributed by atoms with Crippen LogP contribution in [0.25, 0.3) is 33.7 Å². The molecular weight excluding hydrogens is 500 g/mol. The third kappa shape index (κ3) is 5.26. The summed E-state index contributed by atoms with van der Waals surface area (Å²) in [6.07, 6.45) is 0. The second kappa shape index (κ2) is 11.0. The van der Waals surface area contributed by atoms with Gasteiger partial charge in [-0.1, -0.05) is 17.7 Å². The molecule has 0 spiro atoms. The average molecular weight is 525 g/mol. The Hall–Kier alpha value is -3.99. The van der Waals surface area contributed by atoms with Gasteiger partial charge in [0.2, 0.25) is 0 Å². The number of hydrogen-bond donors (Lipinski definition) is 3. The number of fused-ring (bicyclic) bond motifs is 1. The summed E-state index contributed by atoms with van der Waals surface area (Å²) in [7, 11) is 4.72. The third-order valence-electron chi connectivity index (χ3n) is 5.56. The number of H-pyrrole nitrogens is 1. The summed E-state index contributed by atoms with van der Waals surface area (Å²) >= 11 is 6.56. The molecule has 0 aliphatic carbocycles. The number of amides is 1. The molecule has 2 aromatic heterocycles. The molecule has 0 bridgehead atoms. The van der Waals surface area contributed by atoms with Crippen molar-refractivity contribution in [3.8, 4) is 34.3 Å². The lowest BCUT2D eigenvalue weighted by atomic mass is 10.1. The van der Waals surface area contributed by atoms with E-state index in [2.05, 4.69) is 15.0 Å². The van der Waals surface area contributed by atoms with Crippen molar-refractivity contribution in [3.05, 3.63) is 69.0 Å². The number of methoxy groups -OCH3 is 1. The highest BCUT2D eigenvalue weighted by Crippen LogP contribution is 2.36. The van der Waals surface area contributed by atoms with Crippen LogP contribution in [-0.4, -0.2) is 70.4 Å². The summed E-state index contributed by atoms with van der Waals surface area (Å²) in [6.45, 7) is -0.433. The van der Waals surface area contributed by atoms with E-state index in [1.807, 2.05) is 0 Å². The van der Waals surface area contributed by atoms with Gasteiger partial charge in [-0.05, 0) is 42.0 Å². The lowest BCUT2D eigenvalue weighted by molar-refractivity contribution is 0.0827. The number of ether oxygens (including phenoxy) is 2. The van der Waals surface area contributed by atoms with Crippen molar-refractivity contribution >= 4 is 28.4 Å². The molecule has 3 N–H and O–H groups in total. The molecule has 0 aliphatic heterocycles. The van der Waals surface area contributed by atoms with Crippen molar-refractivity contribution in [1.29, 1.82) is 0 Å². The van der Waals surface area contributed by atoms with E-state index in [0.717, 1.165) is 0 Å². The second-order valence-electron chi connectivity index (χ2n) is 8.27. The summed E-state index contributed by atoms with van der Waals surface area (Å²) in [5.41, 5.74) is 1.98. The first kappa shape index (κ1) is 26.1. The van der Waals surface area contributed by atoms with Gasteiger partial charge in [-0.2, -0.15) is 0 Å². The maximum atomic E-state index is 13.0. The lowest BCUT2D eigenvalue weighted by Gasteiger charge is -2.15. The van der Waals surface area contributed by atoms with Crippen LogP contribution in [0.5, 0.6) is 11.5 Å². The van der Waals surface area contributed by atoms with Gasteiger partial charge in [0.1, 0.15) is 34.9 Å². The van der Waals surface area contributed by atoms with E-state index in [9.17, 15) is 19.8 Å². The minimum atomic E-state index is -0.435. The topological polar surface area (TPSA) is 138 Å². The van der Waals surface area contributed by atoms with E-state index in [1.165, 1.54) is 12.0 Å². The number of rotatable bonds is 8. The molecule has 37 heavy (non-hydrogen) atoms. The number of aliphatic hydroxyl groups is 2. The first-order valence-corrected chi connectivity index (χ1v) is 11.6. The number of halogens is 1. The largest absolute Gasteiger partial charge is 0.496 e. The molecule has 0 unspecified atom stereocenters. The highest BCUT2D eigenvalue weighted by Gasteiger charge is 2.19. The minimum Gasteiger partial charge on any atom is -0.496 e. The third-order valence-corrected chi connectivity index (χ3v) is 5.87. The maximum Gasteiger partial charge on any atom is 0.262 e. The van der Waals surface area contributed by atoms with Crippen molar-refractivity contribution in [2.75, 3.05) is 34.4 Å². The number of nitrogens with one attached hydrogen (secondary N) is 1. The molecule has 0 radical (unpaired) electrons. The van der Waals surface area contributed by atoms with Gasteiger partial charge in [0, 0.05) is 25.2 Å². The molecular formula is C26H25ClN4O6. The summed E-state index contributed by atoms with van der Waals surface area (Å²) in [6, 6.07) is 11.3. The van der Waals surface area contributed by atoms with Crippen LogP contribution in [0.3, 0.4) is 0 Å². The van der Waals surface area contributed by atoms with Gasteiger partial charge in [-0.25, -0.2) is 9.97 Å². The normalized spacial score (nSPS) is 11.0. The van der Waals surface area contributed by atoms with Gasteiger partial charge >= 0.3 is 0 Å². The predicted octanol–water partition coefficient (Wildman–Crippen LogP) is 2.88. The fourth-order valence-corrected chi connectivity index (χ4v) is 4.08. The molecule has 4 aromatic rings. The number of aromatic amines is 1. The van der Waals surface area contributed by atoms with Crippen LogP contribution in [0.2, 0.25) is 5.02 Å². The molecule has 0 saturated heterocycles. The molecule has 10 nitrogen and oxygen atoms in total. The molecule has 0 fully saturated rings. The van der Waals surface area contributed by atoms with Crippen LogP contribution in [0.15, 0.2) is 47.3 Å². The van der Waals surface area contributed by atoms with Crippen molar-refractivity contribution in [2.45, 2.75) is 6.61 Å².